The standard InChI is InChI=1S/C17H17Br2NO4/c1-23-7-3-4-11(24-2)10(5-7)20-16(21)12-8-6-9(13(12)17(20)22)15(19)14(8)18/h3-5,8-9,12-15H,6H2,1-2H3/t8-,9-,12-,13+,14-,15+/m1/s1. The highest BCUT2D eigenvalue weighted by Crippen LogP contribution is 2.61. The molecule has 0 N–H and O–H groups in total. The minimum Gasteiger partial charge on any atom is -0.497 e. The Bertz CT molecular complexity index is 693. The quantitative estimate of drug-likeness (QED) is 0.516. The van der Waals surface area contributed by atoms with Gasteiger partial charge in [-0.05, 0) is 30.4 Å². The van der Waals surface area contributed by atoms with Gasteiger partial charge in [-0.2, -0.15) is 0 Å². The predicted octanol–water partition coefficient (Wildman–Crippen LogP) is 2.99. The lowest BCUT2D eigenvalue weighted by molar-refractivity contribution is -0.123. The number of alkyl halides is 2. The van der Waals surface area contributed by atoms with Gasteiger partial charge in [0, 0.05) is 15.7 Å². The molecule has 4 rings (SSSR count). The van der Waals surface area contributed by atoms with Crippen LogP contribution in [0.5, 0.6) is 11.5 Å². The third-order valence-electron chi connectivity index (χ3n) is 5.61. The van der Waals surface area contributed by atoms with E-state index in [0.717, 1.165) is 6.42 Å². The molecule has 1 aromatic rings. The largest absolute Gasteiger partial charge is 0.497 e. The molecule has 3 aliphatic rings. The average Bonchev–Trinajstić information content (AvgIpc) is 3.19. The van der Waals surface area contributed by atoms with E-state index in [4.69, 9.17) is 9.47 Å². The molecule has 0 unspecified atom stereocenters. The second-order valence-electron chi connectivity index (χ2n) is 6.55. The van der Waals surface area contributed by atoms with Gasteiger partial charge in [0.1, 0.15) is 11.5 Å². The van der Waals surface area contributed by atoms with Crippen molar-refractivity contribution in [3.63, 3.8) is 0 Å². The van der Waals surface area contributed by atoms with Gasteiger partial charge in [-0.15, -0.1) is 0 Å². The summed E-state index contributed by atoms with van der Waals surface area (Å²) in [6, 6.07) is 5.16. The lowest BCUT2D eigenvalue weighted by Crippen LogP contribution is -2.37. The fourth-order valence-electron chi connectivity index (χ4n) is 4.56. The molecule has 6 atom stereocenters. The van der Waals surface area contributed by atoms with E-state index >= 15 is 0 Å². The van der Waals surface area contributed by atoms with Crippen LogP contribution in [0.25, 0.3) is 0 Å². The van der Waals surface area contributed by atoms with Crippen molar-refractivity contribution in [2.45, 2.75) is 16.1 Å². The van der Waals surface area contributed by atoms with E-state index in [0.29, 0.717) is 17.2 Å². The molecule has 7 heteroatoms. The van der Waals surface area contributed by atoms with E-state index in [1.165, 1.54) is 12.0 Å². The molecule has 2 bridgehead atoms. The number of imide groups is 1. The monoisotopic (exact) mass is 457 g/mol. The van der Waals surface area contributed by atoms with Crippen LogP contribution >= 0.6 is 31.9 Å². The van der Waals surface area contributed by atoms with Crippen molar-refractivity contribution >= 4 is 49.4 Å². The Labute approximate surface area is 156 Å². The molecule has 2 saturated carbocycles. The Morgan fingerprint density at radius 2 is 1.58 bits per heavy atom. The second kappa shape index (κ2) is 5.73. The molecular weight excluding hydrogens is 442 g/mol. The third-order valence-corrected chi connectivity index (χ3v) is 8.82. The summed E-state index contributed by atoms with van der Waals surface area (Å²) in [6.45, 7) is 0. The number of methoxy groups -OCH3 is 2. The molecule has 1 saturated heterocycles. The summed E-state index contributed by atoms with van der Waals surface area (Å²) in [5.74, 6) is 0.762. The van der Waals surface area contributed by atoms with Crippen LogP contribution in [0.4, 0.5) is 5.69 Å². The summed E-state index contributed by atoms with van der Waals surface area (Å²) >= 11 is 7.40. The first kappa shape index (κ1) is 16.4. The molecule has 5 nitrogen and oxygen atoms in total. The minimum absolute atomic E-state index is 0.118. The molecule has 0 radical (unpaired) electrons. The first-order chi connectivity index (χ1) is 11.5. The van der Waals surface area contributed by atoms with Crippen molar-refractivity contribution in [3.05, 3.63) is 18.2 Å². The summed E-state index contributed by atoms with van der Waals surface area (Å²) in [4.78, 5) is 27.9. The number of hydrogen-bond donors (Lipinski definition) is 0. The summed E-state index contributed by atoms with van der Waals surface area (Å²) < 4.78 is 10.6. The highest BCUT2D eigenvalue weighted by molar-refractivity contribution is 9.12. The first-order valence-corrected chi connectivity index (χ1v) is 9.70. The lowest BCUT2D eigenvalue weighted by atomic mass is 9.81. The van der Waals surface area contributed by atoms with Gasteiger partial charge in [-0.25, -0.2) is 4.90 Å². The summed E-state index contributed by atoms with van der Waals surface area (Å²) in [5, 5.41) is 0. The van der Waals surface area contributed by atoms with E-state index in [2.05, 4.69) is 31.9 Å². The predicted molar refractivity (Wildman–Crippen MR) is 96.0 cm³/mol. The maximum absolute atomic E-state index is 13.1. The van der Waals surface area contributed by atoms with E-state index in [-0.39, 0.29) is 45.1 Å². The maximum Gasteiger partial charge on any atom is 0.238 e. The van der Waals surface area contributed by atoms with Crippen LogP contribution in [0.1, 0.15) is 6.42 Å². The topological polar surface area (TPSA) is 55.8 Å². The van der Waals surface area contributed by atoms with Crippen LogP contribution in [0, 0.1) is 23.7 Å². The van der Waals surface area contributed by atoms with Gasteiger partial charge in [0.05, 0.1) is 31.7 Å². The number of hydrogen-bond acceptors (Lipinski definition) is 4. The van der Waals surface area contributed by atoms with Crippen molar-refractivity contribution in [2.75, 3.05) is 19.1 Å². The van der Waals surface area contributed by atoms with Gasteiger partial charge in [-0.1, -0.05) is 31.9 Å². The minimum atomic E-state index is -0.239. The van der Waals surface area contributed by atoms with E-state index < -0.39 is 0 Å². The zero-order chi connectivity index (χ0) is 17.2. The summed E-state index contributed by atoms with van der Waals surface area (Å²) in [6.07, 6.45) is 0.918. The molecular formula is C17H17Br2NO4. The third kappa shape index (κ3) is 2.03. The Balaban J connectivity index is 1.77. The molecule has 1 aliphatic heterocycles. The zero-order valence-electron chi connectivity index (χ0n) is 13.2. The number of carbonyl (C=O) groups is 2. The molecule has 3 fully saturated rings. The highest BCUT2D eigenvalue weighted by Gasteiger charge is 2.66. The molecule has 1 aromatic carbocycles. The molecule has 2 aliphatic carbocycles. The van der Waals surface area contributed by atoms with E-state index in [1.54, 1.807) is 25.3 Å². The van der Waals surface area contributed by atoms with Crippen LogP contribution in [0.3, 0.4) is 0 Å². The van der Waals surface area contributed by atoms with Gasteiger partial charge < -0.3 is 9.47 Å². The molecule has 1 heterocycles. The molecule has 24 heavy (non-hydrogen) atoms. The number of rotatable bonds is 3. The fraction of sp³-hybridized carbons (Fsp3) is 0.529. The van der Waals surface area contributed by atoms with E-state index in [1.807, 2.05) is 0 Å². The van der Waals surface area contributed by atoms with Gasteiger partial charge >= 0.3 is 0 Å². The number of fused-ring (bicyclic) bond motifs is 5. The van der Waals surface area contributed by atoms with Crippen molar-refractivity contribution in [2.24, 2.45) is 23.7 Å². The number of nitrogens with zero attached hydrogens (tertiary/aromatic N) is 1. The second-order valence-corrected chi connectivity index (χ2v) is 8.67. The first-order valence-electron chi connectivity index (χ1n) is 7.87. The Hall–Kier alpha value is -1.08. The average molecular weight is 459 g/mol. The zero-order valence-corrected chi connectivity index (χ0v) is 16.4. The van der Waals surface area contributed by atoms with Crippen LogP contribution in [0.2, 0.25) is 0 Å². The van der Waals surface area contributed by atoms with Gasteiger partial charge in [0.2, 0.25) is 11.8 Å². The van der Waals surface area contributed by atoms with Crippen molar-refractivity contribution in [1.29, 1.82) is 0 Å². The SMILES string of the molecule is COc1ccc(OC)c(N2C(=O)[C@@H]3[C@H]4C[C@@H]([C@H](Br)[C@@H]4Br)[C@@H]3C2=O)c1. The Kier molecular flexibility index (Phi) is 3.91. The number of ether oxygens (including phenoxy) is 2. The van der Waals surface area contributed by atoms with E-state index in [9.17, 15) is 9.59 Å². The van der Waals surface area contributed by atoms with Crippen LogP contribution in [0.15, 0.2) is 18.2 Å². The highest BCUT2D eigenvalue weighted by atomic mass is 79.9. The van der Waals surface area contributed by atoms with Gasteiger partial charge in [0.15, 0.2) is 0 Å². The number of amides is 2. The van der Waals surface area contributed by atoms with Crippen LogP contribution < -0.4 is 14.4 Å². The molecule has 128 valence electrons. The fourth-order valence-corrected chi connectivity index (χ4v) is 6.43. The molecule has 0 spiro atoms. The smallest absolute Gasteiger partial charge is 0.238 e. The maximum atomic E-state index is 13.1. The Morgan fingerprint density at radius 1 is 1.00 bits per heavy atom. The van der Waals surface area contributed by atoms with Crippen LogP contribution in [-0.4, -0.2) is 35.7 Å². The van der Waals surface area contributed by atoms with Gasteiger partial charge in [0.25, 0.3) is 0 Å². The van der Waals surface area contributed by atoms with Gasteiger partial charge in [-0.3, -0.25) is 9.59 Å². The van der Waals surface area contributed by atoms with Crippen LogP contribution in [-0.2, 0) is 9.59 Å². The number of benzene rings is 1. The van der Waals surface area contributed by atoms with Crippen molar-refractivity contribution in [1.82, 2.24) is 0 Å². The number of halogens is 2. The van der Waals surface area contributed by atoms with Crippen molar-refractivity contribution < 1.29 is 19.1 Å². The normalized spacial score (nSPS) is 37.1. The summed E-state index contributed by atoms with van der Waals surface area (Å²) in [7, 11) is 3.09. The molecule has 0 aromatic heterocycles. The molecule has 2 amide bonds. The number of carbonyl (C=O) groups excluding carboxylic acids is 2. The lowest BCUT2D eigenvalue weighted by Gasteiger charge is -2.28. The number of anilines is 1. The summed E-state index contributed by atoms with van der Waals surface area (Å²) in [5.41, 5.74) is 0.470. The Morgan fingerprint density at radius 3 is 2.08 bits per heavy atom. The van der Waals surface area contributed by atoms with Crippen molar-refractivity contribution in [3.8, 4) is 11.5 Å².